The van der Waals surface area contributed by atoms with E-state index >= 15 is 0 Å². The fourth-order valence-electron chi connectivity index (χ4n) is 1.51. The van der Waals surface area contributed by atoms with E-state index in [1.165, 1.54) is 28.9 Å². The van der Waals surface area contributed by atoms with Crippen molar-refractivity contribution in [3.8, 4) is 0 Å². The van der Waals surface area contributed by atoms with Gasteiger partial charge in [0.2, 0.25) is 0 Å². The van der Waals surface area contributed by atoms with Crippen molar-refractivity contribution in [3.05, 3.63) is 47.9 Å². The molecule has 1 amide bonds. The number of hydrogen-bond donors (Lipinski definition) is 1. The Labute approximate surface area is 125 Å². The monoisotopic (exact) mass is 303 g/mol. The Morgan fingerprint density at radius 1 is 1.19 bits per heavy atom. The van der Waals surface area contributed by atoms with Crippen molar-refractivity contribution in [3.63, 3.8) is 0 Å². The summed E-state index contributed by atoms with van der Waals surface area (Å²) in [5, 5.41) is 9.47. The zero-order valence-corrected chi connectivity index (χ0v) is 12.3. The number of nitrogens with zero attached hydrogens (tertiary/aromatic N) is 3. The molecule has 0 radical (unpaired) electrons. The fraction of sp³-hybridized carbons (Fsp3) is 0.143. The van der Waals surface area contributed by atoms with E-state index in [9.17, 15) is 9.59 Å². The normalized spacial score (nSPS) is 10.2. The maximum absolute atomic E-state index is 11.8. The van der Waals surface area contributed by atoms with E-state index in [0.717, 1.165) is 4.90 Å². The summed E-state index contributed by atoms with van der Waals surface area (Å²) >= 11 is 1.34. The van der Waals surface area contributed by atoms with Crippen LogP contribution in [-0.2, 0) is 0 Å². The maximum atomic E-state index is 11.8. The Morgan fingerprint density at radius 3 is 2.52 bits per heavy atom. The highest BCUT2D eigenvalue weighted by atomic mass is 32.2. The second kappa shape index (κ2) is 6.36. The van der Waals surface area contributed by atoms with E-state index in [4.69, 9.17) is 5.11 Å². The van der Waals surface area contributed by atoms with Crippen LogP contribution >= 0.6 is 11.8 Å². The van der Waals surface area contributed by atoms with Crippen molar-refractivity contribution < 1.29 is 14.7 Å². The standard InChI is InChI=1S/C14H13N3O3S/c1-17(2)13(18)11-7-10(5-6-15-11)21-12-4-3-9(8-16-12)14(19)20/h3-8H,1-2H3,(H,19,20). The SMILES string of the molecule is CN(C)C(=O)c1cc(Sc2ccc(C(=O)O)cn2)ccn1. The van der Waals surface area contributed by atoms with E-state index in [2.05, 4.69) is 9.97 Å². The van der Waals surface area contributed by atoms with Gasteiger partial charge >= 0.3 is 5.97 Å². The molecular weight excluding hydrogens is 290 g/mol. The topological polar surface area (TPSA) is 83.4 Å². The largest absolute Gasteiger partial charge is 0.478 e. The second-order valence-corrected chi connectivity index (χ2v) is 5.46. The fourth-order valence-corrected chi connectivity index (χ4v) is 2.29. The van der Waals surface area contributed by atoms with Gasteiger partial charge in [0.25, 0.3) is 5.91 Å². The van der Waals surface area contributed by atoms with Gasteiger partial charge in [-0.05, 0) is 24.3 Å². The molecule has 7 heteroatoms. The number of aromatic carboxylic acids is 1. The molecule has 0 saturated heterocycles. The van der Waals surface area contributed by atoms with Crippen molar-refractivity contribution in [2.75, 3.05) is 14.1 Å². The molecule has 0 fully saturated rings. The lowest BCUT2D eigenvalue weighted by Gasteiger charge is -2.10. The van der Waals surface area contributed by atoms with Gasteiger partial charge in [0.15, 0.2) is 0 Å². The van der Waals surface area contributed by atoms with Gasteiger partial charge in [-0.3, -0.25) is 9.78 Å². The molecule has 2 heterocycles. The average molecular weight is 303 g/mol. The molecule has 1 N–H and O–H groups in total. The van der Waals surface area contributed by atoms with Gasteiger partial charge < -0.3 is 10.0 Å². The lowest BCUT2D eigenvalue weighted by Crippen LogP contribution is -2.22. The van der Waals surface area contributed by atoms with Crippen molar-refractivity contribution in [1.82, 2.24) is 14.9 Å². The summed E-state index contributed by atoms with van der Waals surface area (Å²) in [6.07, 6.45) is 2.86. The number of carbonyl (C=O) groups is 2. The highest BCUT2D eigenvalue weighted by Crippen LogP contribution is 2.26. The molecule has 108 valence electrons. The van der Waals surface area contributed by atoms with Crippen LogP contribution in [0.3, 0.4) is 0 Å². The first kappa shape index (κ1) is 15.0. The van der Waals surface area contributed by atoms with Gasteiger partial charge in [0.05, 0.1) is 5.56 Å². The summed E-state index contributed by atoms with van der Waals surface area (Å²) in [5.41, 5.74) is 0.490. The molecule has 0 unspecified atom stereocenters. The van der Waals surface area contributed by atoms with Crippen molar-refractivity contribution in [1.29, 1.82) is 0 Å². The molecule has 0 bridgehead atoms. The molecule has 0 aliphatic rings. The predicted octanol–water partition coefficient (Wildman–Crippen LogP) is 2.03. The lowest BCUT2D eigenvalue weighted by molar-refractivity contribution is 0.0695. The summed E-state index contributed by atoms with van der Waals surface area (Å²) < 4.78 is 0. The van der Waals surface area contributed by atoms with E-state index in [0.29, 0.717) is 10.7 Å². The Bertz CT molecular complexity index is 671. The molecule has 2 aromatic rings. The van der Waals surface area contributed by atoms with E-state index in [1.807, 2.05) is 0 Å². The number of carbonyl (C=O) groups excluding carboxylic acids is 1. The highest BCUT2D eigenvalue weighted by Gasteiger charge is 2.11. The van der Waals surface area contributed by atoms with Gasteiger partial charge in [-0.2, -0.15) is 0 Å². The molecule has 0 aliphatic carbocycles. The lowest BCUT2D eigenvalue weighted by atomic mass is 10.3. The number of rotatable bonds is 4. The number of carboxylic acid groups (broad SMARTS) is 1. The average Bonchev–Trinajstić information content (AvgIpc) is 2.47. The Morgan fingerprint density at radius 2 is 1.95 bits per heavy atom. The quantitative estimate of drug-likeness (QED) is 0.930. The molecule has 0 aliphatic heterocycles. The maximum Gasteiger partial charge on any atom is 0.337 e. The van der Waals surface area contributed by atoms with Gasteiger partial charge in [-0.25, -0.2) is 9.78 Å². The Balaban J connectivity index is 2.18. The van der Waals surface area contributed by atoms with Gasteiger partial charge in [-0.1, -0.05) is 11.8 Å². The molecule has 2 rings (SSSR count). The van der Waals surface area contributed by atoms with Crippen LogP contribution in [-0.4, -0.2) is 45.9 Å². The van der Waals surface area contributed by atoms with Crippen molar-refractivity contribution in [2.45, 2.75) is 9.92 Å². The minimum absolute atomic E-state index is 0.137. The Kier molecular flexibility index (Phi) is 4.54. The molecule has 0 saturated carbocycles. The second-order valence-electron chi connectivity index (χ2n) is 4.37. The summed E-state index contributed by atoms with van der Waals surface area (Å²) in [6, 6.07) is 6.57. The van der Waals surface area contributed by atoms with Crippen LogP contribution in [0.1, 0.15) is 20.8 Å². The number of pyridine rings is 2. The zero-order valence-electron chi connectivity index (χ0n) is 11.5. The molecule has 6 nitrogen and oxygen atoms in total. The predicted molar refractivity (Wildman–Crippen MR) is 77.6 cm³/mol. The highest BCUT2D eigenvalue weighted by molar-refractivity contribution is 7.99. The third kappa shape index (κ3) is 3.79. The molecule has 0 aromatic carbocycles. The van der Waals surface area contributed by atoms with Crippen LogP contribution in [0.5, 0.6) is 0 Å². The van der Waals surface area contributed by atoms with Crippen LogP contribution < -0.4 is 0 Å². The molecular formula is C14H13N3O3S. The number of aromatic nitrogens is 2. The van der Waals surface area contributed by atoms with Crippen molar-refractivity contribution in [2.24, 2.45) is 0 Å². The zero-order chi connectivity index (χ0) is 15.4. The Hall–Kier alpha value is -2.41. The van der Waals surface area contributed by atoms with E-state index < -0.39 is 5.97 Å². The molecule has 0 spiro atoms. The van der Waals surface area contributed by atoms with Gasteiger partial charge in [0, 0.05) is 31.4 Å². The van der Waals surface area contributed by atoms with Crippen LogP contribution in [0.25, 0.3) is 0 Å². The van der Waals surface area contributed by atoms with Crippen LogP contribution in [0.15, 0.2) is 46.6 Å². The first-order chi connectivity index (χ1) is 9.97. The smallest absolute Gasteiger partial charge is 0.337 e. The summed E-state index contributed by atoms with van der Waals surface area (Å²) in [7, 11) is 3.33. The summed E-state index contributed by atoms with van der Waals surface area (Å²) in [4.78, 5) is 33.0. The van der Waals surface area contributed by atoms with Crippen molar-refractivity contribution >= 4 is 23.6 Å². The molecule has 0 atom stereocenters. The third-order valence-electron chi connectivity index (χ3n) is 2.56. The van der Waals surface area contributed by atoms with Gasteiger partial charge in [0.1, 0.15) is 10.7 Å². The first-order valence-corrected chi connectivity index (χ1v) is 6.84. The van der Waals surface area contributed by atoms with E-state index in [1.54, 1.807) is 38.5 Å². The minimum atomic E-state index is -1.01. The minimum Gasteiger partial charge on any atom is -0.478 e. The molecule has 2 aromatic heterocycles. The van der Waals surface area contributed by atoms with Crippen LogP contribution in [0.4, 0.5) is 0 Å². The number of carboxylic acids is 1. The number of hydrogen-bond acceptors (Lipinski definition) is 5. The third-order valence-corrected chi connectivity index (χ3v) is 3.50. The summed E-state index contributed by atoms with van der Waals surface area (Å²) in [5.74, 6) is -1.19. The van der Waals surface area contributed by atoms with Gasteiger partial charge in [-0.15, -0.1) is 0 Å². The molecule has 21 heavy (non-hydrogen) atoms. The first-order valence-electron chi connectivity index (χ1n) is 6.02. The summed E-state index contributed by atoms with van der Waals surface area (Å²) in [6.45, 7) is 0. The van der Waals surface area contributed by atoms with Crippen LogP contribution in [0.2, 0.25) is 0 Å². The van der Waals surface area contributed by atoms with Crippen LogP contribution in [0, 0.1) is 0 Å². The number of amides is 1. The van der Waals surface area contributed by atoms with E-state index in [-0.39, 0.29) is 11.5 Å².